The van der Waals surface area contributed by atoms with Crippen molar-refractivity contribution in [2.75, 3.05) is 6.61 Å². The molecule has 0 amide bonds. The zero-order chi connectivity index (χ0) is 17.8. The summed E-state index contributed by atoms with van der Waals surface area (Å²) in [6.07, 6.45) is -4.82. The predicted octanol–water partition coefficient (Wildman–Crippen LogP) is 3.67. The molecule has 1 aromatic rings. The summed E-state index contributed by atoms with van der Waals surface area (Å²) in [4.78, 5) is 13.8. The molecule has 130 valence electrons. The molecule has 1 rings (SSSR count). The molecule has 0 fully saturated rings. The molecule has 0 unspecified atom stereocenters. The first-order valence-electron chi connectivity index (χ1n) is 6.95. The number of rotatable bonds is 6. The number of benzene rings is 1. The molecule has 0 aliphatic carbocycles. The lowest BCUT2D eigenvalue weighted by Crippen LogP contribution is -2.22. The van der Waals surface area contributed by atoms with Gasteiger partial charge in [0.1, 0.15) is 0 Å². The summed E-state index contributed by atoms with van der Waals surface area (Å²) in [6, 6.07) is 2.28. The molecular formula is C15H19ClF3NO3. The predicted molar refractivity (Wildman–Crippen MR) is 79.7 cm³/mol. The first-order chi connectivity index (χ1) is 10.5. The smallest absolute Gasteiger partial charge is 0.416 e. The lowest BCUT2D eigenvalue weighted by atomic mass is 9.91. The van der Waals surface area contributed by atoms with Crippen molar-refractivity contribution in [1.82, 2.24) is 4.84 Å². The van der Waals surface area contributed by atoms with Gasteiger partial charge >= 0.3 is 12.1 Å². The third kappa shape index (κ3) is 5.67. The molecule has 4 nitrogen and oxygen atoms in total. The fraction of sp³-hybridized carbons (Fsp3) is 0.533. The molecule has 0 aliphatic rings. The molecule has 0 radical (unpaired) electrons. The van der Waals surface area contributed by atoms with Gasteiger partial charge in [0.2, 0.25) is 0 Å². The Bertz CT molecular complexity index is 524. The van der Waals surface area contributed by atoms with Gasteiger partial charge in [0.15, 0.2) is 0 Å². The van der Waals surface area contributed by atoms with E-state index < -0.39 is 29.4 Å². The van der Waals surface area contributed by atoms with Crippen molar-refractivity contribution in [3.63, 3.8) is 0 Å². The van der Waals surface area contributed by atoms with Gasteiger partial charge in [0.25, 0.3) is 0 Å². The van der Waals surface area contributed by atoms with E-state index in [0.717, 1.165) is 12.1 Å². The van der Waals surface area contributed by atoms with Crippen LogP contribution in [0.5, 0.6) is 0 Å². The van der Waals surface area contributed by atoms with E-state index in [1.54, 1.807) is 6.92 Å². The van der Waals surface area contributed by atoms with Gasteiger partial charge in [-0.3, -0.25) is 4.79 Å². The van der Waals surface area contributed by atoms with Gasteiger partial charge in [-0.15, -0.1) is 0 Å². The minimum atomic E-state index is -4.59. The van der Waals surface area contributed by atoms with Crippen LogP contribution in [-0.2, 0) is 21.3 Å². The van der Waals surface area contributed by atoms with Crippen LogP contribution < -0.4 is 4.84 Å². The van der Waals surface area contributed by atoms with Crippen molar-refractivity contribution in [3.8, 4) is 0 Å². The Kier molecular flexibility index (Phi) is 6.44. The monoisotopic (exact) mass is 353 g/mol. The fourth-order valence-electron chi connectivity index (χ4n) is 1.98. The van der Waals surface area contributed by atoms with Gasteiger partial charge < -0.3 is 9.84 Å². The van der Waals surface area contributed by atoms with E-state index in [-0.39, 0.29) is 24.2 Å². The van der Waals surface area contributed by atoms with Gasteiger partial charge in [-0.25, -0.2) is 4.84 Å². The second-order valence-corrected chi connectivity index (χ2v) is 5.79. The summed E-state index contributed by atoms with van der Waals surface area (Å²) in [5.74, 6) is -0.590. The van der Waals surface area contributed by atoms with Gasteiger partial charge in [0.05, 0.1) is 30.2 Å². The molecule has 8 heteroatoms. The first-order valence-corrected chi connectivity index (χ1v) is 7.33. The maximum absolute atomic E-state index is 13.1. The van der Waals surface area contributed by atoms with Crippen molar-refractivity contribution in [2.45, 2.75) is 45.0 Å². The average Bonchev–Trinajstić information content (AvgIpc) is 2.42. The summed E-state index contributed by atoms with van der Waals surface area (Å²) in [5, 5.41) is 10.0. The zero-order valence-corrected chi connectivity index (χ0v) is 13.8. The highest BCUT2D eigenvalue weighted by Gasteiger charge is 2.33. The molecule has 0 aliphatic heterocycles. The quantitative estimate of drug-likeness (QED) is 0.605. The summed E-state index contributed by atoms with van der Waals surface area (Å²) in [6.45, 7) is 4.53. The molecular weight excluding hydrogens is 335 g/mol. The summed E-state index contributed by atoms with van der Waals surface area (Å²) < 4.78 is 44.0. The molecule has 0 saturated carbocycles. The third-order valence-electron chi connectivity index (χ3n) is 3.20. The van der Waals surface area contributed by atoms with Gasteiger partial charge in [0, 0.05) is 0 Å². The van der Waals surface area contributed by atoms with E-state index in [0.29, 0.717) is 0 Å². The van der Waals surface area contributed by atoms with E-state index in [4.69, 9.17) is 16.5 Å². The van der Waals surface area contributed by atoms with E-state index >= 15 is 0 Å². The van der Waals surface area contributed by atoms with E-state index in [1.807, 2.05) is 0 Å². The Hall–Kier alpha value is -1.31. The maximum atomic E-state index is 13.1. The van der Waals surface area contributed by atoms with Crippen molar-refractivity contribution in [2.24, 2.45) is 0 Å². The van der Waals surface area contributed by atoms with Crippen LogP contribution in [0.25, 0.3) is 0 Å². The minimum Gasteiger partial charge on any atom is -0.466 e. The second kappa shape index (κ2) is 7.51. The number of esters is 1. The first kappa shape index (κ1) is 19.7. The number of halogens is 4. The lowest BCUT2D eigenvalue weighted by molar-refractivity contribution is -0.143. The van der Waals surface area contributed by atoms with Gasteiger partial charge in [-0.2, -0.15) is 13.2 Å². The molecule has 0 aromatic heterocycles. The molecule has 0 bridgehead atoms. The van der Waals surface area contributed by atoms with E-state index in [2.05, 4.69) is 4.84 Å². The normalized spacial score (nSPS) is 13.7. The Balaban J connectivity index is 3.29. The van der Waals surface area contributed by atoms with Crippen molar-refractivity contribution in [3.05, 3.63) is 34.9 Å². The highest BCUT2D eigenvalue weighted by Crippen LogP contribution is 2.35. The number of alkyl halides is 3. The molecule has 0 spiro atoms. The molecule has 0 saturated heterocycles. The molecule has 1 aromatic carbocycles. The fourth-order valence-corrected chi connectivity index (χ4v) is 2.18. The Morgan fingerprint density at radius 3 is 2.30 bits per heavy atom. The van der Waals surface area contributed by atoms with E-state index in [1.165, 1.54) is 19.9 Å². The van der Waals surface area contributed by atoms with Gasteiger partial charge in [-0.05, 0) is 55.8 Å². The Morgan fingerprint density at radius 2 is 1.87 bits per heavy atom. The number of nitrogens with one attached hydrogen (secondary N) is 1. The highest BCUT2D eigenvalue weighted by molar-refractivity contribution is 6.13. The van der Waals surface area contributed by atoms with Crippen LogP contribution in [0.4, 0.5) is 13.2 Å². The van der Waals surface area contributed by atoms with Crippen LogP contribution in [0.2, 0.25) is 0 Å². The number of hydrogen-bond donors (Lipinski definition) is 2. The number of carbonyl (C=O) groups excluding carboxylic acids is 1. The van der Waals surface area contributed by atoms with Crippen molar-refractivity contribution in [1.29, 1.82) is 0 Å². The molecule has 23 heavy (non-hydrogen) atoms. The molecule has 0 heterocycles. The average molecular weight is 354 g/mol. The number of aliphatic hydroxyl groups is 1. The summed E-state index contributed by atoms with van der Waals surface area (Å²) >= 11 is 5.58. The van der Waals surface area contributed by atoms with Crippen LogP contribution in [-0.4, -0.2) is 17.7 Å². The van der Waals surface area contributed by atoms with Crippen LogP contribution in [0, 0.1) is 0 Å². The highest BCUT2D eigenvalue weighted by atomic mass is 35.5. The van der Waals surface area contributed by atoms with Crippen LogP contribution >= 0.6 is 11.8 Å². The molecule has 2 N–H and O–H groups in total. The lowest BCUT2D eigenvalue weighted by Gasteiger charge is -2.23. The maximum Gasteiger partial charge on any atom is 0.416 e. The third-order valence-corrected chi connectivity index (χ3v) is 3.46. The number of ether oxygens (including phenoxy) is 1. The second-order valence-electron chi connectivity index (χ2n) is 5.57. The topological polar surface area (TPSA) is 58.6 Å². The van der Waals surface area contributed by atoms with Crippen LogP contribution in [0.3, 0.4) is 0 Å². The zero-order valence-electron chi connectivity index (χ0n) is 13.0. The number of carbonyl (C=O) groups is 1. The van der Waals surface area contributed by atoms with Gasteiger partial charge in [-0.1, -0.05) is 6.07 Å². The largest absolute Gasteiger partial charge is 0.466 e. The van der Waals surface area contributed by atoms with Crippen LogP contribution in [0.15, 0.2) is 18.2 Å². The Morgan fingerprint density at radius 1 is 1.30 bits per heavy atom. The Labute approximate surface area is 137 Å². The minimum absolute atomic E-state index is 0.0723. The standard InChI is InChI=1S/C15H19ClF3NO3/c1-4-23-13(21)8-12(20-16)9-5-10(14(2,3)22)7-11(6-9)15(17,18)19/h5-7,12,20,22H,4,8H2,1-3H3/t12-/m0/s1. The summed E-state index contributed by atoms with van der Waals surface area (Å²) in [7, 11) is 0. The number of hydrogen-bond acceptors (Lipinski definition) is 4. The van der Waals surface area contributed by atoms with Crippen molar-refractivity contribution < 1.29 is 27.8 Å². The van der Waals surface area contributed by atoms with E-state index in [9.17, 15) is 23.1 Å². The van der Waals surface area contributed by atoms with Crippen LogP contribution in [0.1, 0.15) is 49.9 Å². The molecule has 1 atom stereocenters. The van der Waals surface area contributed by atoms with Crippen molar-refractivity contribution >= 4 is 17.7 Å². The summed E-state index contributed by atoms with van der Waals surface area (Å²) in [5.41, 5.74) is -2.19. The SMILES string of the molecule is CCOC(=O)C[C@H](NCl)c1cc(C(C)(C)O)cc(C(F)(F)F)c1.